The lowest BCUT2D eigenvalue weighted by atomic mass is 10.1. The second-order valence-electron chi connectivity index (χ2n) is 6.04. The highest BCUT2D eigenvalue weighted by Gasteiger charge is 2.15. The Kier molecular flexibility index (Phi) is 6.27. The molecule has 0 radical (unpaired) electrons. The van der Waals surface area contributed by atoms with E-state index < -0.39 is 0 Å². The molecule has 0 aliphatic carbocycles. The first kappa shape index (κ1) is 18.9. The highest BCUT2D eigenvalue weighted by atomic mass is 32.2. The van der Waals surface area contributed by atoms with E-state index in [1.807, 2.05) is 18.7 Å². The predicted octanol–water partition coefficient (Wildman–Crippen LogP) is 5.02. The number of carbonyl (C=O) groups is 1. The monoisotopic (exact) mass is 385 g/mol. The summed E-state index contributed by atoms with van der Waals surface area (Å²) in [6.07, 6.45) is 2.15. The summed E-state index contributed by atoms with van der Waals surface area (Å²) in [6.45, 7) is 7.65. The standard InChI is InChI=1S/C20H23N3OS2/c1-4-23(5-2)17(24)10-11-25-19-18-16(12-26-20(18)22-13-21-19)15-8-6-14(3)7-9-15/h6-9,12-13H,4-5,10-11H2,1-3H3. The van der Waals surface area contributed by atoms with Gasteiger partial charge in [-0.05, 0) is 26.3 Å². The molecule has 136 valence electrons. The van der Waals surface area contributed by atoms with Crippen molar-refractivity contribution < 1.29 is 4.79 Å². The van der Waals surface area contributed by atoms with Crippen LogP contribution in [0.4, 0.5) is 0 Å². The third kappa shape index (κ3) is 4.07. The van der Waals surface area contributed by atoms with Gasteiger partial charge in [0.05, 0.1) is 5.39 Å². The fraction of sp³-hybridized carbons (Fsp3) is 0.350. The highest BCUT2D eigenvalue weighted by molar-refractivity contribution is 7.99. The summed E-state index contributed by atoms with van der Waals surface area (Å²) in [5, 5.41) is 4.20. The number of hydrogen-bond donors (Lipinski definition) is 0. The third-order valence-electron chi connectivity index (χ3n) is 4.37. The molecule has 2 heterocycles. The summed E-state index contributed by atoms with van der Waals surface area (Å²) >= 11 is 3.28. The van der Waals surface area contributed by atoms with E-state index >= 15 is 0 Å². The molecule has 0 bridgehead atoms. The smallest absolute Gasteiger partial charge is 0.223 e. The zero-order valence-electron chi connectivity index (χ0n) is 15.4. The molecule has 3 rings (SSSR count). The van der Waals surface area contributed by atoms with Crippen LogP contribution >= 0.6 is 23.1 Å². The predicted molar refractivity (Wildman–Crippen MR) is 111 cm³/mol. The Hall–Kier alpha value is -1.92. The van der Waals surface area contributed by atoms with Crippen molar-refractivity contribution in [2.24, 2.45) is 0 Å². The van der Waals surface area contributed by atoms with Gasteiger partial charge in [-0.25, -0.2) is 9.97 Å². The van der Waals surface area contributed by atoms with Gasteiger partial charge in [0.15, 0.2) is 0 Å². The minimum atomic E-state index is 0.205. The van der Waals surface area contributed by atoms with Crippen LogP contribution in [-0.2, 0) is 4.79 Å². The number of thiophene rings is 1. The molecule has 0 fully saturated rings. The van der Waals surface area contributed by atoms with Crippen LogP contribution < -0.4 is 0 Å². The van der Waals surface area contributed by atoms with Crippen molar-refractivity contribution in [2.45, 2.75) is 32.2 Å². The Morgan fingerprint density at radius 3 is 2.58 bits per heavy atom. The molecular formula is C20H23N3OS2. The quantitative estimate of drug-likeness (QED) is 0.423. The lowest BCUT2D eigenvalue weighted by Gasteiger charge is -2.18. The molecule has 0 N–H and O–H groups in total. The molecule has 0 unspecified atom stereocenters. The van der Waals surface area contributed by atoms with Crippen LogP contribution in [0.1, 0.15) is 25.8 Å². The Balaban J connectivity index is 1.82. The molecule has 1 amide bonds. The first-order chi connectivity index (χ1) is 12.6. The lowest BCUT2D eigenvalue weighted by Crippen LogP contribution is -2.30. The van der Waals surface area contributed by atoms with Crippen molar-refractivity contribution in [3.8, 4) is 11.1 Å². The molecule has 0 aliphatic rings. The number of benzene rings is 1. The summed E-state index contributed by atoms with van der Waals surface area (Å²) < 4.78 is 0. The molecule has 3 aromatic rings. The van der Waals surface area contributed by atoms with Gasteiger partial charge < -0.3 is 4.90 Å². The van der Waals surface area contributed by atoms with Gasteiger partial charge in [-0.3, -0.25) is 4.79 Å². The summed E-state index contributed by atoms with van der Waals surface area (Å²) in [7, 11) is 0. The van der Waals surface area contributed by atoms with Gasteiger partial charge in [-0.15, -0.1) is 23.1 Å². The largest absolute Gasteiger partial charge is 0.343 e. The first-order valence-corrected chi connectivity index (χ1v) is 10.7. The summed E-state index contributed by atoms with van der Waals surface area (Å²) in [6, 6.07) is 8.53. The van der Waals surface area contributed by atoms with E-state index in [9.17, 15) is 4.79 Å². The molecule has 0 atom stereocenters. The maximum atomic E-state index is 12.2. The average Bonchev–Trinajstić information content (AvgIpc) is 3.08. The van der Waals surface area contributed by atoms with Crippen LogP contribution in [0.2, 0.25) is 0 Å². The maximum Gasteiger partial charge on any atom is 0.223 e. The molecule has 0 spiro atoms. The van der Waals surface area contributed by atoms with Crippen LogP contribution in [0.3, 0.4) is 0 Å². The molecule has 1 aromatic carbocycles. The highest BCUT2D eigenvalue weighted by Crippen LogP contribution is 2.38. The topological polar surface area (TPSA) is 46.1 Å². The number of thioether (sulfide) groups is 1. The summed E-state index contributed by atoms with van der Waals surface area (Å²) in [5.74, 6) is 0.932. The Morgan fingerprint density at radius 1 is 1.15 bits per heavy atom. The fourth-order valence-corrected chi connectivity index (χ4v) is 4.80. The van der Waals surface area contributed by atoms with Crippen molar-refractivity contribution in [1.82, 2.24) is 14.9 Å². The van der Waals surface area contributed by atoms with Gasteiger partial charge in [0.2, 0.25) is 5.91 Å². The SMILES string of the molecule is CCN(CC)C(=O)CCSc1ncnc2scc(-c3ccc(C)cc3)c12. The number of rotatable bonds is 7. The number of nitrogens with zero attached hydrogens (tertiary/aromatic N) is 3. The Morgan fingerprint density at radius 2 is 1.88 bits per heavy atom. The van der Waals surface area contributed by atoms with Crippen LogP contribution in [0, 0.1) is 6.92 Å². The average molecular weight is 386 g/mol. The molecule has 0 saturated heterocycles. The van der Waals surface area contributed by atoms with Gasteiger partial charge in [-0.2, -0.15) is 0 Å². The van der Waals surface area contributed by atoms with E-state index in [0.717, 1.165) is 34.1 Å². The van der Waals surface area contributed by atoms with Crippen LogP contribution in [0.5, 0.6) is 0 Å². The second-order valence-corrected chi connectivity index (χ2v) is 7.98. The van der Waals surface area contributed by atoms with Crippen LogP contribution in [0.15, 0.2) is 41.0 Å². The number of aromatic nitrogens is 2. The van der Waals surface area contributed by atoms with E-state index in [1.165, 1.54) is 16.7 Å². The Bertz CT molecular complexity index is 886. The molecule has 26 heavy (non-hydrogen) atoms. The molecular weight excluding hydrogens is 362 g/mol. The second kappa shape index (κ2) is 8.64. The van der Waals surface area contributed by atoms with Crippen molar-refractivity contribution in [2.75, 3.05) is 18.8 Å². The van der Waals surface area contributed by atoms with Gasteiger partial charge >= 0.3 is 0 Å². The van der Waals surface area contributed by atoms with E-state index in [1.54, 1.807) is 29.4 Å². The lowest BCUT2D eigenvalue weighted by molar-refractivity contribution is -0.130. The normalized spacial score (nSPS) is 11.0. The van der Waals surface area contributed by atoms with Crippen molar-refractivity contribution in [3.05, 3.63) is 41.5 Å². The minimum Gasteiger partial charge on any atom is -0.343 e. The van der Waals surface area contributed by atoms with E-state index in [4.69, 9.17) is 0 Å². The number of aryl methyl sites for hydroxylation is 1. The van der Waals surface area contributed by atoms with Crippen LogP contribution in [-0.4, -0.2) is 39.6 Å². The molecule has 0 saturated carbocycles. The molecule has 4 nitrogen and oxygen atoms in total. The number of fused-ring (bicyclic) bond motifs is 1. The zero-order chi connectivity index (χ0) is 18.5. The van der Waals surface area contributed by atoms with Crippen LogP contribution in [0.25, 0.3) is 21.3 Å². The van der Waals surface area contributed by atoms with Gasteiger partial charge in [0.25, 0.3) is 0 Å². The summed E-state index contributed by atoms with van der Waals surface area (Å²) in [5.41, 5.74) is 3.59. The van der Waals surface area contributed by atoms with Gasteiger partial charge in [0, 0.05) is 36.2 Å². The zero-order valence-corrected chi connectivity index (χ0v) is 17.0. The minimum absolute atomic E-state index is 0.205. The van der Waals surface area contributed by atoms with Gasteiger partial charge in [0.1, 0.15) is 16.2 Å². The molecule has 6 heteroatoms. The Labute approximate surface area is 162 Å². The van der Waals surface area contributed by atoms with Crippen molar-refractivity contribution >= 4 is 39.2 Å². The molecule has 0 aliphatic heterocycles. The maximum absolute atomic E-state index is 12.2. The first-order valence-electron chi connectivity index (χ1n) is 8.83. The summed E-state index contributed by atoms with van der Waals surface area (Å²) in [4.78, 5) is 24.0. The molecule has 2 aromatic heterocycles. The number of hydrogen-bond acceptors (Lipinski definition) is 5. The van der Waals surface area contributed by atoms with E-state index in [2.05, 4.69) is 46.5 Å². The number of amides is 1. The fourth-order valence-electron chi connectivity index (χ4n) is 2.87. The van der Waals surface area contributed by atoms with E-state index in [0.29, 0.717) is 6.42 Å². The third-order valence-corrected chi connectivity index (χ3v) is 6.25. The number of carbonyl (C=O) groups excluding carboxylic acids is 1. The van der Waals surface area contributed by atoms with Crippen molar-refractivity contribution in [1.29, 1.82) is 0 Å². The van der Waals surface area contributed by atoms with E-state index in [-0.39, 0.29) is 5.91 Å². The van der Waals surface area contributed by atoms with Gasteiger partial charge in [-0.1, -0.05) is 29.8 Å². The van der Waals surface area contributed by atoms with Crippen molar-refractivity contribution in [3.63, 3.8) is 0 Å².